The molecule has 42 heavy (non-hydrogen) atoms. The van der Waals surface area contributed by atoms with Crippen LogP contribution in [0.25, 0.3) is 0 Å². The number of unbranched alkanes of at least 4 members (excludes halogenated alkanes) is 1. The summed E-state index contributed by atoms with van der Waals surface area (Å²) in [6.45, 7) is 3.43. The minimum atomic E-state index is -1.68. The average Bonchev–Trinajstić information content (AvgIpc) is 2.95. The highest BCUT2D eigenvalue weighted by Crippen LogP contribution is 2.17. The van der Waals surface area contributed by atoms with Crippen molar-refractivity contribution in [3.63, 3.8) is 0 Å². The van der Waals surface area contributed by atoms with Gasteiger partial charge in [-0.15, -0.1) is 0 Å². The molecule has 1 heterocycles. The summed E-state index contributed by atoms with van der Waals surface area (Å²) < 4.78 is 33.0. The number of amides is 3. The van der Waals surface area contributed by atoms with Crippen LogP contribution >= 0.6 is 11.8 Å². The van der Waals surface area contributed by atoms with E-state index in [1.165, 1.54) is 38.2 Å². The number of nitrogens with one attached hydrogen (secondary N) is 3. The van der Waals surface area contributed by atoms with Gasteiger partial charge in [-0.1, -0.05) is 13.3 Å². The molecule has 1 aromatic heterocycles. The first kappa shape index (κ1) is 35.1. The van der Waals surface area contributed by atoms with Gasteiger partial charge in [0.2, 0.25) is 11.8 Å². The molecule has 0 bridgehead atoms. The number of rotatable bonds is 18. The van der Waals surface area contributed by atoms with E-state index in [4.69, 9.17) is 4.74 Å². The van der Waals surface area contributed by atoms with Crippen molar-refractivity contribution >= 4 is 29.5 Å². The Bertz CT molecular complexity index is 1130. The third-order valence-corrected chi connectivity index (χ3v) is 7.52. The molecule has 5 N–H and O–H groups in total. The molecule has 0 saturated carbocycles. The standard InChI is InChI=1S/C29H40F2N4O6S/c1-4-5-11-42-17-25(35-28(39)20-7-6-9-32-16-20)29(40)34-24(14-19-12-21(30)15-22(31)13-19)27(38)26(37)23(8-10-41-3)33-18(2)36/h6-7,9,12-13,15-16,23-27,37-38H,4-5,8,10-11,14,17H2,1-3H3,(H,33,36)(H,34,40)(H,35,39)/t23-,24+,25-,26-,27-/m1/s1. The highest BCUT2D eigenvalue weighted by Gasteiger charge is 2.35. The van der Waals surface area contributed by atoms with Crippen molar-refractivity contribution in [1.82, 2.24) is 20.9 Å². The summed E-state index contributed by atoms with van der Waals surface area (Å²) >= 11 is 1.46. The van der Waals surface area contributed by atoms with E-state index in [0.717, 1.165) is 30.7 Å². The Kier molecular flexibility index (Phi) is 15.4. The molecule has 0 spiro atoms. The van der Waals surface area contributed by atoms with Gasteiger partial charge >= 0.3 is 0 Å². The van der Waals surface area contributed by atoms with Crippen LogP contribution in [0.1, 0.15) is 49.0 Å². The molecule has 0 unspecified atom stereocenters. The van der Waals surface area contributed by atoms with Crippen LogP contribution in [0.2, 0.25) is 0 Å². The van der Waals surface area contributed by atoms with Gasteiger partial charge < -0.3 is 30.9 Å². The Hall–Kier alpha value is -3.13. The zero-order valence-electron chi connectivity index (χ0n) is 24.0. The number of thioether (sulfide) groups is 1. The van der Waals surface area contributed by atoms with Gasteiger partial charge in [0, 0.05) is 44.9 Å². The van der Waals surface area contributed by atoms with Crippen molar-refractivity contribution in [2.24, 2.45) is 0 Å². The smallest absolute Gasteiger partial charge is 0.253 e. The molecule has 0 aliphatic heterocycles. The maximum atomic E-state index is 14.0. The normalized spacial score (nSPS) is 14.7. The number of methoxy groups -OCH3 is 1. The quantitative estimate of drug-likeness (QED) is 0.161. The second-order valence-electron chi connectivity index (χ2n) is 9.86. The van der Waals surface area contributed by atoms with Crippen molar-refractivity contribution in [2.45, 2.75) is 69.9 Å². The summed E-state index contributed by atoms with van der Waals surface area (Å²) in [5, 5.41) is 30.2. The maximum absolute atomic E-state index is 14.0. The maximum Gasteiger partial charge on any atom is 0.253 e. The molecule has 0 radical (unpaired) electrons. The third kappa shape index (κ3) is 12.0. The minimum absolute atomic E-state index is 0.116. The molecule has 2 rings (SSSR count). The zero-order chi connectivity index (χ0) is 31.1. The van der Waals surface area contributed by atoms with Gasteiger partial charge in [0.15, 0.2) is 0 Å². The van der Waals surface area contributed by atoms with E-state index in [-0.39, 0.29) is 36.3 Å². The summed E-state index contributed by atoms with van der Waals surface area (Å²) in [6.07, 6.45) is 1.32. The molecule has 13 heteroatoms. The number of nitrogens with zero attached hydrogens (tertiary/aromatic N) is 1. The van der Waals surface area contributed by atoms with Gasteiger partial charge in [-0.25, -0.2) is 8.78 Å². The molecule has 232 valence electrons. The Morgan fingerprint density at radius 3 is 2.33 bits per heavy atom. The third-order valence-electron chi connectivity index (χ3n) is 6.37. The van der Waals surface area contributed by atoms with Crippen molar-refractivity contribution in [2.75, 3.05) is 25.2 Å². The summed E-state index contributed by atoms with van der Waals surface area (Å²) in [7, 11) is 1.44. The Morgan fingerprint density at radius 1 is 1.05 bits per heavy atom. The molecule has 3 amide bonds. The van der Waals surface area contributed by atoms with Gasteiger partial charge in [-0.3, -0.25) is 19.4 Å². The number of benzene rings is 1. The van der Waals surface area contributed by atoms with Crippen molar-refractivity contribution < 1.29 is 38.1 Å². The number of carbonyl (C=O) groups is 3. The van der Waals surface area contributed by atoms with E-state index in [1.54, 1.807) is 12.1 Å². The first-order valence-corrected chi connectivity index (χ1v) is 14.9. The molecule has 1 aromatic carbocycles. The number of aliphatic hydroxyl groups excluding tert-OH is 2. The van der Waals surface area contributed by atoms with Crippen LogP contribution in [0.3, 0.4) is 0 Å². The van der Waals surface area contributed by atoms with Crippen LogP contribution in [0.5, 0.6) is 0 Å². The molecule has 5 atom stereocenters. The van der Waals surface area contributed by atoms with E-state index >= 15 is 0 Å². The number of aromatic nitrogens is 1. The summed E-state index contributed by atoms with van der Waals surface area (Å²) in [6, 6.07) is 2.68. The molecular weight excluding hydrogens is 570 g/mol. The van der Waals surface area contributed by atoms with Gasteiger partial charge in [-0.2, -0.15) is 11.8 Å². The predicted molar refractivity (Wildman–Crippen MR) is 156 cm³/mol. The number of ether oxygens (including phenoxy) is 1. The SMILES string of the molecule is CCCCSC[C@@H](NC(=O)c1cccnc1)C(=O)N[C@@H](Cc1cc(F)cc(F)c1)[C@@H](O)[C@H](O)[C@@H](CCOC)NC(C)=O. The molecule has 0 aliphatic rings. The summed E-state index contributed by atoms with van der Waals surface area (Å²) in [5.41, 5.74) is 0.359. The van der Waals surface area contributed by atoms with Crippen LogP contribution in [0, 0.1) is 11.6 Å². The highest BCUT2D eigenvalue weighted by molar-refractivity contribution is 7.99. The van der Waals surface area contributed by atoms with Crippen LogP contribution in [-0.2, 0) is 20.7 Å². The Balaban J connectivity index is 2.35. The lowest BCUT2D eigenvalue weighted by molar-refractivity contribution is -0.126. The highest BCUT2D eigenvalue weighted by atomic mass is 32.2. The number of hydrogen-bond donors (Lipinski definition) is 5. The molecule has 0 saturated heterocycles. The lowest BCUT2D eigenvalue weighted by Gasteiger charge is -2.33. The van der Waals surface area contributed by atoms with Crippen molar-refractivity contribution in [3.05, 3.63) is 65.5 Å². The fourth-order valence-electron chi connectivity index (χ4n) is 4.20. The molecular formula is C29H40F2N4O6S. The van der Waals surface area contributed by atoms with E-state index in [9.17, 15) is 33.4 Å². The molecule has 0 fully saturated rings. The summed E-state index contributed by atoms with van der Waals surface area (Å²) in [4.78, 5) is 42.1. The topological polar surface area (TPSA) is 150 Å². The average molecular weight is 611 g/mol. The van der Waals surface area contributed by atoms with Gasteiger partial charge in [0.05, 0.1) is 17.6 Å². The van der Waals surface area contributed by atoms with Crippen LogP contribution < -0.4 is 16.0 Å². The fourth-order valence-corrected chi connectivity index (χ4v) is 5.33. The van der Waals surface area contributed by atoms with E-state index < -0.39 is 59.7 Å². The Labute approximate surface area is 249 Å². The monoisotopic (exact) mass is 610 g/mol. The lowest BCUT2D eigenvalue weighted by Crippen LogP contribution is -2.59. The number of carbonyl (C=O) groups excluding carboxylic acids is 3. The molecule has 0 aliphatic carbocycles. The number of hydrogen-bond acceptors (Lipinski definition) is 8. The lowest BCUT2D eigenvalue weighted by atomic mass is 9.92. The van der Waals surface area contributed by atoms with Gasteiger partial charge in [-0.05, 0) is 54.8 Å². The van der Waals surface area contributed by atoms with E-state index in [1.807, 2.05) is 6.92 Å². The van der Waals surface area contributed by atoms with Crippen LogP contribution in [0.15, 0.2) is 42.7 Å². The van der Waals surface area contributed by atoms with Crippen molar-refractivity contribution in [3.8, 4) is 0 Å². The fraction of sp³-hybridized carbons (Fsp3) is 0.517. The van der Waals surface area contributed by atoms with Crippen LogP contribution in [-0.4, -0.2) is 88.5 Å². The van der Waals surface area contributed by atoms with Gasteiger partial charge in [0.25, 0.3) is 5.91 Å². The zero-order valence-corrected chi connectivity index (χ0v) is 24.8. The number of aliphatic hydroxyl groups is 2. The largest absolute Gasteiger partial charge is 0.388 e. The van der Waals surface area contributed by atoms with Crippen LogP contribution in [0.4, 0.5) is 8.78 Å². The first-order valence-electron chi connectivity index (χ1n) is 13.7. The first-order chi connectivity index (χ1) is 20.0. The molecule has 10 nitrogen and oxygen atoms in total. The van der Waals surface area contributed by atoms with E-state index in [0.29, 0.717) is 6.07 Å². The molecule has 2 aromatic rings. The Morgan fingerprint density at radius 2 is 1.74 bits per heavy atom. The van der Waals surface area contributed by atoms with Crippen molar-refractivity contribution in [1.29, 1.82) is 0 Å². The van der Waals surface area contributed by atoms with Gasteiger partial charge in [0.1, 0.15) is 29.9 Å². The minimum Gasteiger partial charge on any atom is -0.388 e. The summed E-state index contributed by atoms with van der Waals surface area (Å²) in [5.74, 6) is -2.41. The second-order valence-corrected chi connectivity index (χ2v) is 11.0. The number of halogens is 2. The second kappa shape index (κ2) is 18.4. The number of pyridine rings is 1. The van der Waals surface area contributed by atoms with E-state index in [2.05, 4.69) is 20.9 Å². The predicted octanol–water partition coefficient (Wildman–Crippen LogP) is 1.98.